The average molecular weight is 571 g/mol. The van der Waals surface area contributed by atoms with Crippen LogP contribution in [0.1, 0.15) is 25.0 Å². The topological polar surface area (TPSA) is 0 Å². The fraction of sp³-hybridized carbons (Fsp3) is 0.0667. The lowest BCUT2D eigenvalue weighted by atomic mass is 9.79. The molecule has 8 aromatic rings. The molecule has 0 nitrogen and oxygen atoms in total. The molecule has 0 fully saturated rings. The zero-order valence-electron chi connectivity index (χ0n) is 25.4. The summed E-state index contributed by atoms with van der Waals surface area (Å²) in [6, 6.07) is 54.3. The van der Waals surface area contributed by atoms with Gasteiger partial charge in [0.2, 0.25) is 0 Å². The Labute approximate surface area is 263 Å². The summed E-state index contributed by atoms with van der Waals surface area (Å²) < 4.78 is 0. The lowest BCUT2D eigenvalue weighted by molar-refractivity contribution is 0.662. The van der Waals surface area contributed by atoms with Crippen molar-refractivity contribution >= 4 is 32.3 Å². The smallest absolute Gasteiger partial charge is 0.0159 e. The normalized spacial score (nSPS) is 13.7. The maximum atomic E-state index is 2.56. The third-order valence-corrected chi connectivity index (χ3v) is 10.5. The molecule has 0 N–H and O–H groups in total. The summed E-state index contributed by atoms with van der Waals surface area (Å²) in [6.45, 7) is 4.83. The van der Waals surface area contributed by atoms with Crippen LogP contribution >= 0.6 is 0 Å². The first kappa shape index (κ1) is 24.9. The molecule has 0 saturated heterocycles. The van der Waals surface area contributed by atoms with Gasteiger partial charge in [-0.1, -0.05) is 141 Å². The zero-order chi connectivity index (χ0) is 29.9. The van der Waals surface area contributed by atoms with Crippen molar-refractivity contribution in [3.05, 3.63) is 157 Å². The van der Waals surface area contributed by atoms with Gasteiger partial charge < -0.3 is 0 Å². The molecule has 0 aromatic heterocycles. The van der Waals surface area contributed by atoms with Crippen molar-refractivity contribution < 1.29 is 0 Å². The minimum atomic E-state index is -0.121. The molecule has 0 spiro atoms. The summed E-state index contributed by atoms with van der Waals surface area (Å²) in [6.07, 6.45) is 0. The van der Waals surface area contributed by atoms with Crippen LogP contribution in [0.15, 0.2) is 146 Å². The number of fused-ring (bicyclic) bond motifs is 9. The highest BCUT2D eigenvalue weighted by Crippen LogP contribution is 2.62. The van der Waals surface area contributed by atoms with Crippen LogP contribution in [-0.2, 0) is 5.41 Å². The SMILES string of the molecule is CC1(C)c2cc3ccccc3cc2-c2c1cc1c3c(cccc23)-c2c-1c(-c1ccccc1)c1ccccc1c2-c1ccccc1. The summed E-state index contributed by atoms with van der Waals surface area (Å²) in [4.78, 5) is 0. The Morgan fingerprint density at radius 1 is 0.356 bits per heavy atom. The molecule has 0 aliphatic heterocycles. The van der Waals surface area contributed by atoms with Gasteiger partial charge in [-0.3, -0.25) is 0 Å². The minimum absolute atomic E-state index is 0.121. The van der Waals surface area contributed by atoms with Crippen LogP contribution in [0.3, 0.4) is 0 Å². The van der Waals surface area contributed by atoms with Gasteiger partial charge in [-0.15, -0.1) is 0 Å². The van der Waals surface area contributed by atoms with E-state index in [-0.39, 0.29) is 5.41 Å². The van der Waals surface area contributed by atoms with E-state index in [1.54, 1.807) is 0 Å². The third kappa shape index (κ3) is 3.21. The second kappa shape index (κ2) is 8.80. The van der Waals surface area contributed by atoms with Crippen LogP contribution < -0.4 is 0 Å². The number of benzene rings is 8. The maximum absolute atomic E-state index is 2.56. The molecule has 0 saturated carbocycles. The van der Waals surface area contributed by atoms with E-state index in [0.717, 1.165) is 0 Å². The van der Waals surface area contributed by atoms with E-state index in [1.165, 1.54) is 99.1 Å². The monoisotopic (exact) mass is 570 g/mol. The van der Waals surface area contributed by atoms with Crippen LogP contribution in [0.5, 0.6) is 0 Å². The van der Waals surface area contributed by atoms with Crippen molar-refractivity contribution in [1.29, 1.82) is 0 Å². The predicted molar refractivity (Wildman–Crippen MR) is 192 cm³/mol. The molecule has 0 heterocycles. The van der Waals surface area contributed by atoms with E-state index in [0.29, 0.717) is 0 Å². The van der Waals surface area contributed by atoms with E-state index in [1.807, 2.05) is 0 Å². The molecule has 0 heteroatoms. The summed E-state index contributed by atoms with van der Waals surface area (Å²) in [5, 5.41) is 7.96. The van der Waals surface area contributed by atoms with E-state index in [4.69, 9.17) is 0 Å². The van der Waals surface area contributed by atoms with Crippen molar-refractivity contribution in [2.75, 3.05) is 0 Å². The molecule has 0 bridgehead atoms. The highest BCUT2D eigenvalue weighted by atomic mass is 14.4. The van der Waals surface area contributed by atoms with Crippen LogP contribution in [0, 0.1) is 0 Å². The van der Waals surface area contributed by atoms with Gasteiger partial charge in [0.15, 0.2) is 0 Å². The molecule has 0 atom stereocenters. The summed E-state index contributed by atoms with van der Waals surface area (Å²) in [5.74, 6) is 0. The Hall–Kier alpha value is -5.46. The second-order valence-electron chi connectivity index (χ2n) is 13.2. The summed E-state index contributed by atoms with van der Waals surface area (Å²) in [7, 11) is 0. The van der Waals surface area contributed by atoms with Gasteiger partial charge in [0.05, 0.1) is 0 Å². The quantitative estimate of drug-likeness (QED) is 0.194. The van der Waals surface area contributed by atoms with Gasteiger partial charge in [-0.05, 0) is 117 Å². The molecular formula is C45H30. The number of hydrogen-bond acceptors (Lipinski definition) is 0. The zero-order valence-corrected chi connectivity index (χ0v) is 25.4. The lowest BCUT2D eigenvalue weighted by Gasteiger charge is -2.23. The molecule has 0 radical (unpaired) electrons. The second-order valence-corrected chi connectivity index (χ2v) is 13.2. The van der Waals surface area contributed by atoms with Gasteiger partial charge in [0, 0.05) is 5.41 Å². The Balaban J connectivity index is 1.41. The van der Waals surface area contributed by atoms with E-state index >= 15 is 0 Å². The Bertz CT molecular complexity index is 2530. The van der Waals surface area contributed by atoms with Crippen LogP contribution in [0.4, 0.5) is 0 Å². The van der Waals surface area contributed by atoms with Crippen molar-refractivity contribution in [3.63, 3.8) is 0 Å². The van der Waals surface area contributed by atoms with Crippen molar-refractivity contribution in [3.8, 4) is 55.6 Å². The molecule has 2 aliphatic rings. The Morgan fingerprint density at radius 3 is 1.53 bits per heavy atom. The Morgan fingerprint density at radius 2 is 0.889 bits per heavy atom. The number of hydrogen-bond donors (Lipinski definition) is 0. The van der Waals surface area contributed by atoms with Gasteiger partial charge in [-0.2, -0.15) is 0 Å². The van der Waals surface area contributed by atoms with Crippen molar-refractivity contribution in [2.24, 2.45) is 0 Å². The fourth-order valence-corrected chi connectivity index (χ4v) is 8.57. The lowest BCUT2D eigenvalue weighted by Crippen LogP contribution is -2.15. The van der Waals surface area contributed by atoms with Gasteiger partial charge in [-0.25, -0.2) is 0 Å². The first-order valence-corrected chi connectivity index (χ1v) is 16.0. The predicted octanol–water partition coefficient (Wildman–Crippen LogP) is 12.4. The highest BCUT2D eigenvalue weighted by Gasteiger charge is 2.40. The van der Waals surface area contributed by atoms with Gasteiger partial charge in [0.1, 0.15) is 0 Å². The van der Waals surface area contributed by atoms with E-state index in [9.17, 15) is 0 Å². The minimum Gasteiger partial charge on any atom is -0.0622 e. The fourth-order valence-electron chi connectivity index (χ4n) is 8.57. The third-order valence-electron chi connectivity index (χ3n) is 10.5. The standard InChI is InChI=1S/C45H30/c1-45(2)37-25-30-19-10-9-18-29(30)24-35(37)42-33-22-13-23-34-41(33)36(26-38(42)45)44-40(28-16-7-4-8-17-28)32-21-12-11-20-31(32)39(43(34)44)27-14-5-3-6-15-27/h3-26H,1-2H3. The summed E-state index contributed by atoms with van der Waals surface area (Å²) >= 11 is 0. The van der Waals surface area contributed by atoms with Crippen LogP contribution in [0.2, 0.25) is 0 Å². The molecule has 0 unspecified atom stereocenters. The molecule has 10 rings (SSSR count). The summed E-state index contributed by atoms with van der Waals surface area (Å²) in [5.41, 5.74) is 16.1. The van der Waals surface area contributed by atoms with Crippen LogP contribution in [0.25, 0.3) is 88.0 Å². The van der Waals surface area contributed by atoms with Crippen LogP contribution in [-0.4, -0.2) is 0 Å². The number of rotatable bonds is 2. The highest BCUT2D eigenvalue weighted by molar-refractivity contribution is 6.29. The Kier molecular flexibility index (Phi) is 4.88. The molecule has 210 valence electrons. The average Bonchev–Trinajstić information content (AvgIpc) is 3.52. The van der Waals surface area contributed by atoms with Crippen molar-refractivity contribution in [1.82, 2.24) is 0 Å². The molecule has 2 aliphatic carbocycles. The molecule has 8 aromatic carbocycles. The first-order chi connectivity index (χ1) is 22.1. The van der Waals surface area contributed by atoms with E-state index in [2.05, 4.69) is 159 Å². The largest absolute Gasteiger partial charge is 0.0622 e. The molecule has 45 heavy (non-hydrogen) atoms. The van der Waals surface area contributed by atoms with Gasteiger partial charge >= 0.3 is 0 Å². The van der Waals surface area contributed by atoms with E-state index < -0.39 is 0 Å². The first-order valence-electron chi connectivity index (χ1n) is 16.0. The van der Waals surface area contributed by atoms with Crippen molar-refractivity contribution in [2.45, 2.75) is 19.3 Å². The maximum Gasteiger partial charge on any atom is 0.0159 e. The molecular weight excluding hydrogens is 540 g/mol. The molecule has 0 amide bonds. The van der Waals surface area contributed by atoms with Gasteiger partial charge in [0.25, 0.3) is 0 Å².